The Morgan fingerprint density at radius 1 is 1.07 bits per heavy atom. The molecule has 7 heteroatoms. The number of carbonyl (C=O) groups is 1. The molecule has 0 aliphatic heterocycles. The summed E-state index contributed by atoms with van der Waals surface area (Å²) in [6.45, 7) is 4.28. The largest absolute Gasteiger partial charge is 0.354 e. The Kier molecular flexibility index (Phi) is 8.38. The predicted octanol–water partition coefficient (Wildman–Crippen LogP) is 3.51. The van der Waals surface area contributed by atoms with Crippen molar-refractivity contribution in [2.75, 3.05) is 29.4 Å². The number of hydrogen-bond donors (Lipinski definition) is 1. The van der Waals surface area contributed by atoms with Crippen molar-refractivity contribution in [2.45, 2.75) is 26.0 Å². The summed E-state index contributed by atoms with van der Waals surface area (Å²) in [6.07, 6.45) is 1.95. The minimum atomic E-state index is -3.53. The van der Waals surface area contributed by atoms with Crippen LogP contribution in [0.1, 0.15) is 23.1 Å². The van der Waals surface area contributed by atoms with Crippen molar-refractivity contribution >= 4 is 33.4 Å². The SMILES string of the molecule is Cc1ccc(CSCCCNC(=O)CN(c2cccc(C)c2)S(C)(=O)=O)cc1. The molecule has 0 bridgehead atoms. The molecule has 0 heterocycles. The third-order valence-electron chi connectivity index (χ3n) is 4.15. The molecule has 0 saturated carbocycles. The Labute approximate surface area is 172 Å². The Morgan fingerprint density at radius 2 is 1.79 bits per heavy atom. The summed E-state index contributed by atoms with van der Waals surface area (Å²) in [5.74, 6) is 1.58. The molecule has 0 spiro atoms. The number of hydrogen-bond acceptors (Lipinski definition) is 4. The van der Waals surface area contributed by atoms with Crippen LogP contribution in [-0.4, -0.2) is 39.4 Å². The maximum absolute atomic E-state index is 12.2. The van der Waals surface area contributed by atoms with Gasteiger partial charge in [-0.2, -0.15) is 11.8 Å². The van der Waals surface area contributed by atoms with Crippen LogP contribution in [0.4, 0.5) is 5.69 Å². The summed E-state index contributed by atoms with van der Waals surface area (Å²) in [6, 6.07) is 15.6. The van der Waals surface area contributed by atoms with Gasteiger partial charge < -0.3 is 5.32 Å². The molecule has 0 atom stereocenters. The number of benzene rings is 2. The highest BCUT2D eigenvalue weighted by Gasteiger charge is 2.20. The van der Waals surface area contributed by atoms with Crippen LogP contribution in [-0.2, 0) is 20.6 Å². The minimum absolute atomic E-state index is 0.210. The lowest BCUT2D eigenvalue weighted by atomic mass is 10.2. The van der Waals surface area contributed by atoms with Gasteiger partial charge in [0.05, 0.1) is 11.9 Å². The number of thioether (sulfide) groups is 1. The second-order valence-electron chi connectivity index (χ2n) is 6.85. The zero-order valence-electron chi connectivity index (χ0n) is 16.6. The van der Waals surface area contributed by atoms with Crippen molar-refractivity contribution in [1.82, 2.24) is 5.32 Å². The first kappa shape index (κ1) is 22.3. The van der Waals surface area contributed by atoms with E-state index in [1.165, 1.54) is 11.1 Å². The van der Waals surface area contributed by atoms with Crippen molar-refractivity contribution in [3.8, 4) is 0 Å². The van der Waals surface area contributed by atoms with E-state index in [1.54, 1.807) is 18.2 Å². The molecule has 5 nitrogen and oxygen atoms in total. The van der Waals surface area contributed by atoms with Gasteiger partial charge in [0.1, 0.15) is 6.54 Å². The fourth-order valence-electron chi connectivity index (χ4n) is 2.65. The summed E-state index contributed by atoms with van der Waals surface area (Å²) >= 11 is 1.82. The molecular weight excluding hydrogens is 392 g/mol. The van der Waals surface area contributed by atoms with Crippen molar-refractivity contribution in [3.05, 3.63) is 65.2 Å². The first-order valence-electron chi connectivity index (χ1n) is 9.20. The van der Waals surface area contributed by atoms with Gasteiger partial charge in [0.25, 0.3) is 0 Å². The third kappa shape index (κ3) is 7.56. The average molecular weight is 421 g/mol. The number of amides is 1. The average Bonchev–Trinajstić information content (AvgIpc) is 2.63. The topological polar surface area (TPSA) is 66.5 Å². The molecular formula is C21H28N2O3S2. The summed E-state index contributed by atoms with van der Waals surface area (Å²) in [5, 5.41) is 2.82. The molecule has 2 rings (SSSR count). The van der Waals surface area contributed by atoms with E-state index in [0.717, 1.165) is 34.1 Å². The standard InChI is InChI=1S/C21H28N2O3S2/c1-17-8-10-19(11-9-17)16-27-13-5-12-22-21(24)15-23(28(3,25)26)20-7-4-6-18(2)14-20/h4,6-11,14H,5,12-13,15-16H2,1-3H3,(H,22,24). The summed E-state index contributed by atoms with van der Waals surface area (Å²) < 4.78 is 25.3. The second-order valence-corrected chi connectivity index (χ2v) is 9.86. The number of nitrogens with zero attached hydrogens (tertiary/aromatic N) is 1. The zero-order chi connectivity index (χ0) is 20.6. The minimum Gasteiger partial charge on any atom is -0.354 e. The first-order chi connectivity index (χ1) is 13.3. The molecule has 0 radical (unpaired) electrons. The number of carbonyl (C=O) groups excluding carboxylic acids is 1. The van der Waals surface area contributed by atoms with Crippen LogP contribution in [0, 0.1) is 13.8 Å². The van der Waals surface area contributed by atoms with E-state index >= 15 is 0 Å². The lowest BCUT2D eigenvalue weighted by Crippen LogP contribution is -2.40. The highest BCUT2D eigenvalue weighted by molar-refractivity contribution is 7.98. The molecule has 2 aromatic rings. The number of sulfonamides is 1. The molecule has 0 fully saturated rings. The van der Waals surface area contributed by atoms with Gasteiger partial charge in [0.15, 0.2) is 0 Å². The van der Waals surface area contributed by atoms with Crippen molar-refractivity contribution in [2.24, 2.45) is 0 Å². The van der Waals surface area contributed by atoms with Crippen LogP contribution in [0.25, 0.3) is 0 Å². The van der Waals surface area contributed by atoms with Crippen LogP contribution in [0.2, 0.25) is 0 Å². The Bertz CT molecular complexity index is 881. The van der Waals surface area contributed by atoms with E-state index in [9.17, 15) is 13.2 Å². The molecule has 0 aliphatic rings. The molecule has 2 aromatic carbocycles. The van der Waals surface area contributed by atoms with Crippen molar-refractivity contribution < 1.29 is 13.2 Å². The number of anilines is 1. The third-order valence-corrected chi connectivity index (χ3v) is 6.41. The molecule has 0 unspecified atom stereocenters. The quantitative estimate of drug-likeness (QED) is 0.598. The molecule has 0 aliphatic carbocycles. The number of aryl methyl sites for hydroxylation is 2. The smallest absolute Gasteiger partial charge is 0.240 e. The maximum Gasteiger partial charge on any atom is 0.240 e. The lowest BCUT2D eigenvalue weighted by molar-refractivity contribution is -0.119. The first-order valence-corrected chi connectivity index (χ1v) is 12.2. The van der Waals surface area contributed by atoms with E-state index in [2.05, 4.69) is 36.5 Å². The van der Waals surface area contributed by atoms with Gasteiger partial charge >= 0.3 is 0 Å². The van der Waals surface area contributed by atoms with Crippen LogP contribution < -0.4 is 9.62 Å². The highest BCUT2D eigenvalue weighted by Crippen LogP contribution is 2.18. The van der Waals surface area contributed by atoms with E-state index < -0.39 is 10.0 Å². The van der Waals surface area contributed by atoms with E-state index in [0.29, 0.717) is 12.2 Å². The highest BCUT2D eigenvalue weighted by atomic mass is 32.2. The van der Waals surface area contributed by atoms with Gasteiger partial charge in [-0.05, 0) is 49.3 Å². The van der Waals surface area contributed by atoms with E-state index in [-0.39, 0.29) is 12.5 Å². The summed E-state index contributed by atoms with van der Waals surface area (Å²) in [7, 11) is -3.53. The lowest BCUT2D eigenvalue weighted by Gasteiger charge is -2.22. The fourth-order valence-corrected chi connectivity index (χ4v) is 4.42. The van der Waals surface area contributed by atoms with Gasteiger partial charge in [-0.3, -0.25) is 9.10 Å². The van der Waals surface area contributed by atoms with Gasteiger partial charge in [0.2, 0.25) is 15.9 Å². The molecule has 0 aromatic heterocycles. The monoisotopic (exact) mass is 420 g/mol. The Morgan fingerprint density at radius 3 is 2.43 bits per heavy atom. The predicted molar refractivity (Wildman–Crippen MR) is 118 cm³/mol. The van der Waals surface area contributed by atoms with Crippen LogP contribution in [0.15, 0.2) is 48.5 Å². The van der Waals surface area contributed by atoms with E-state index in [4.69, 9.17) is 0 Å². The number of nitrogens with one attached hydrogen (secondary N) is 1. The Balaban J connectivity index is 1.74. The molecule has 1 N–H and O–H groups in total. The van der Waals surface area contributed by atoms with Gasteiger partial charge in [-0.15, -0.1) is 0 Å². The van der Waals surface area contributed by atoms with Gasteiger partial charge in [0, 0.05) is 12.3 Å². The molecule has 152 valence electrons. The van der Waals surface area contributed by atoms with E-state index in [1.807, 2.05) is 24.8 Å². The summed E-state index contributed by atoms with van der Waals surface area (Å²) in [5.41, 5.74) is 4.00. The van der Waals surface area contributed by atoms with Gasteiger partial charge in [-0.1, -0.05) is 42.0 Å². The number of rotatable bonds is 10. The maximum atomic E-state index is 12.2. The van der Waals surface area contributed by atoms with Crippen LogP contribution in [0.5, 0.6) is 0 Å². The second kappa shape index (κ2) is 10.5. The fraction of sp³-hybridized carbons (Fsp3) is 0.381. The molecule has 28 heavy (non-hydrogen) atoms. The molecule has 0 saturated heterocycles. The normalized spacial score (nSPS) is 11.2. The van der Waals surface area contributed by atoms with Gasteiger partial charge in [-0.25, -0.2) is 8.42 Å². The zero-order valence-corrected chi connectivity index (χ0v) is 18.3. The summed E-state index contributed by atoms with van der Waals surface area (Å²) in [4.78, 5) is 12.2. The molecule has 1 amide bonds. The van der Waals surface area contributed by atoms with Crippen LogP contribution >= 0.6 is 11.8 Å². The Hall–Kier alpha value is -1.99. The van der Waals surface area contributed by atoms with Crippen molar-refractivity contribution in [1.29, 1.82) is 0 Å². The van der Waals surface area contributed by atoms with Crippen molar-refractivity contribution in [3.63, 3.8) is 0 Å². The van der Waals surface area contributed by atoms with Crippen LogP contribution in [0.3, 0.4) is 0 Å².